The van der Waals surface area contributed by atoms with Gasteiger partial charge in [0.25, 0.3) is 0 Å². The van der Waals surface area contributed by atoms with Gasteiger partial charge in [-0.25, -0.2) is 0 Å². The van der Waals surface area contributed by atoms with E-state index in [-0.39, 0.29) is 0 Å². The standard InChI is InChI=1S/C9H13Br/c1-4-8(3)6-9(5-2)7-10/h4-6H,1,7H2,2-3H3/b8-6-,9-5+. The van der Waals surface area contributed by atoms with Crippen molar-refractivity contribution in [3.63, 3.8) is 0 Å². The molecule has 0 aromatic rings. The third-order valence-electron chi connectivity index (χ3n) is 1.26. The van der Waals surface area contributed by atoms with Crippen LogP contribution >= 0.6 is 15.9 Å². The molecule has 0 amide bonds. The fourth-order valence-electron chi connectivity index (χ4n) is 0.550. The summed E-state index contributed by atoms with van der Waals surface area (Å²) in [5.41, 5.74) is 2.49. The zero-order valence-electron chi connectivity index (χ0n) is 6.52. The second-order valence-electron chi connectivity index (χ2n) is 2.09. The minimum absolute atomic E-state index is 0.911. The smallest absolute Gasteiger partial charge is 0.0279 e. The van der Waals surface area contributed by atoms with Gasteiger partial charge in [-0.1, -0.05) is 46.3 Å². The van der Waals surface area contributed by atoms with Gasteiger partial charge < -0.3 is 0 Å². The highest BCUT2D eigenvalue weighted by Crippen LogP contribution is 2.05. The van der Waals surface area contributed by atoms with Crippen LogP contribution in [0.2, 0.25) is 0 Å². The highest BCUT2D eigenvalue weighted by atomic mass is 79.9. The quantitative estimate of drug-likeness (QED) is 0.484. The molecular weight excluding hydrogens is 188 g/mol. The van der Waals surface area contributed by atoms with E-state index >= 15 is 0 Å². The minimum Gasteiger partial charge on any atom is -0.0988 e. The van der Waals surface area contributed by atoms with E-state index in [1.54, 1.807) is 0 Å². The Kier molecular flexibility index (Phi) is 5.32. The molecule has 0 N–H and O–H groups in total. The summed E-state index contributed by atoms with van der Waals surface area (Å²) in [6.07, 6.45) is 6.05. The Balaban J connectivity index is 4.22. The van der Waals surface area contributed by atoms with Crippen LogP contribution in [0.1, 0.15) is 13.8 Å². The van der Waals surface area contributed by atoms with Crippen molar-refractivity contribution in [1.29, 1.82) is 0 Å². The molecule has 10 heavy (non-hydrogen) atoms. The molecule has 0 unspecified atom stereocenters. The van der Waals surface area contributed by atoms with Crippen molar-refractivity contribution in [3.8, 4) is 0 Å². The summed E-state index contributed by atoms with van der Waals surface area (Å²) in [6, 6.07) is 0. The van der Waals surface area contributed by atoms with Gasteiger partial charge in [-0.15, -0.1) is 0 Å². The molecule has 0 aliphatic rings. The molecule has 0 rings (SSSR count). The maximum absolute atomic E-state index is 3.67. The summed E-state index contributed by atoms with van der Waals surface area (Å²) in [7, 11) is 0. The minimum atomic E-state index is 0.911. The zero-order valence-corrected chi connectivity index (χ0v) is 8.11. The highest BCUT2D eigenvalue weighted by molar-refractivity contribution is 9.09. The molecule has 0 saturated carbocycles. The molecule has 0 aliphatic heterocycles. The first-order valence-electron chi connectivity index (χ1n) is 3.26. The van der Waals surface area contributed by atoms with Crippen LogP contribution in [0.15, 0.2) is 36.0 Å². The van der Waals surface area contributed by atoms with Crippen molar-refractivity contribution in [2.45, 2.75) is 13.8 Å². The second-order valence-corrected chi connectivity index (χ2v) is 2.65. The first kappa shape index (κ1) is 9.70. The summed E-state index contributed by atoms with van der Waals surface area (Å²) in [5, 5.41) is 0.911. The van der Waals surface area contributed by atoms with Crippen LogP contribution in [-0.4, -0.2) is 5.33 Å². The van der Waals surface area contributed by atoms with E-state index in [4.69, 9.17) is 0 Å². The summed E-state index contributed by atoms with van der Waals surface area (Å²) >= 11 is 3.39. The molecule has 0 aliphatic carbocycles. The number of halogens is 1. The number of rotatable bonds is 3. The lowest BCUT2D eigenvalue weighted by molar-refractivity contribution is 1.43. The zero-order chi connectivity index (χ0) is 7.98. The van der Waals surface area contributed by atoms with Crippen LogP contribution in [-0.2, 0) is 0 Å². The lowest BCUT2D eigenvalue weighted by atomic mass is 10.2. The molecule has 0 bridgehead atoms. The largest absolute Gasteiger partial charge is 0.0988 e. The van der Waals surface area contributed by atoms with E-state index < -0.39 is 0 Å². The SMILES string of the molecule is C=C/C(C)=C\C(=C/C)CBr. The molecule has 0 nitrogen and oxygen atoms in total. The van der Waals surface area contributed by atoms with E-state index in [1.807, 2.05) is 19.9 Å². The van der Waals surface area contributed by atoms with E-state index in [0.717, 1.165) is 5.33 Å². The van der Waals surface area contributed by atoms with Gasteiger partial charge in [-0.3, -0.25) is 0 Å². The highest BCUT2D eigenvalue weighted by Gasteiger charge is 1.86. The molecular formula is C9H13Br. The van der Waals surface area contributed by atoms with Crippen molar-refractivity contribution < 1.29 is 0 Å². The maximum Gasteiger partial charge on any atom is 0.0279 e. The van der Waals surface area contributed by atoms with Crippen LogP contribution in [0.4, 0.5) is 0 Å². The lowest BCUT2D eigenvalue weighted by Crippen LogP contribution is -1.78. The molecule has 1 heteroatoms. The van der Waals surface area contributed by atoms with Crippen molar-refractivity contribution in [3.05, 3.63) is 36.0 Å². The van der Waals surface area contributed by atoms with E-state index in [1.165, 1.54) is 11.1 Å². The molecule has 0 spiro atoms. The van der Waals surface area contributed by atoms with Crippen molar-refractivity contribution >= 4 is 15.9 Å². The van der Waals surface area contributed by atoms with Gasteiger partial charge in [0, 0.05) is 5.33 Å². The summed E-state index contributed by atoms with van der Waals surface area (Å²) in [6.45, 7) is 7.74. The normalized spacial score (nSPS) is 13.5. The van der Waals surface area contributed by atoms with E-state index in [0.29, 0.717) is 0 Å². The predicted octanol–water partition coefficient (Wildman–Crippen LogP) is 3.46. The fourth-order valence-corrected chi connectivity index (χ4v) is 1.04. The molecule has 0 atom stereocenters. The number of alkyl halides is 1. The maximum atomic E-state index is 3.67. The van der Waals surface area contributed by atoms with E-state index in [9.17, 15) is 0 Å². The van der Waals surface area contributed by atoms with Gasteiger partial charge in [-0.05, 0) is 19.4 Å². The third kappa shape index (κ3) is 3.67. The Morgan fingerprint density at radius 1 is 1.60 bits per heavy atom. The van der Waals surface area contributed by atoms with Crippen LogP contribution in [0.3, 0.4) is 0 Å². The second kappa shape index (κ2) is 5.48. The van der Waals surface area contributed by atoms with E-state index in [2.05, 4.69) is 34.7 Å². The Morgan fingerprint density at radius 2 is 2.20 bits per heavy atom. The van der Waals surface area contributed by atoms with Crippen molar-refractivity contribution in [2.75, 3.05) is 5.33 Å². The molecule has 0 radical (unpaired) electrons. The molecule has 0 fully saturated rings. The van der Waals surface area contributed by atoms with Crippen molar-refractivity contribution in [1.82, 2.24) is 0 Å². The van der Waals surface area contributed by atoms with Gasteiger partial charge in [0.1, 0.15) is 0 Å². The molecule has 0 aromatic carbocycles. The first-order chi connectivity index (χ1) is 4.74. The molecule has 0 aromatic heterocycles. The number of hydrogen-bond acceptors (Lipinski definition) is 0. The predicted molar refractivity (Wildman–Crippen MR) is 51.5 cm³/mol. The summed E-state index contributed by atoms with van der Waals surface area (Å²) in [5.74, 6) is 0. The Bertz CT molecular complexity index is 164. The average molecular weight is 201 g/mol. The van der Waals surface area contributed by atoms with Crippen LogP contribution in [0.25, 0.3) is 0 Å². The average Bonchev–Trinajstić information content (AvgIpc) is 1.99. The van der Waals surface area contributed by atoms with Gasteiger partial charge in [0.05, 0.1) is 0 Å². The number of allylic oxidation sites excluding steroid dienone is 5. The molecule has 0 saturated heterocycles. The fraction of sp³-hybridized carbons (Fsp3) is 0.333. The molecule has 0 heterocycles. The van der Waals surface area contributed by atoms with Crippen LogP contribution < -0.4 is 0 Å². The van der Waals surface area contributed by atoms with Gasteiger partial charge in [0.2, 0.25) is 0 Å². The van der Waals surface area contributed by atoms with Crippen molar-refractivity contribution in [2.24, 2.45) is 0 Å². The molecule has 56 valence electrons. The monoisotopic (exact) mass is 200 g/mol. The third-order valence-corrected chi connectivity index (χ3v) is 1.91. The Morgan fingerprint density at radius 3 is 2.50 bits per heavy atom. The summed E-state index contributed by atoms with van der Waals surface area (Å²) < 4.78 is 0. The lowest BCUT2D eigenvalue weighted by Gasteiger charge is -1.94. The van der Waals surface area contributed by atoms with Crippen LogP contribution in [0, 0.1) is 0 Å². The first-order valence-corrected chi connectivity index (χ1v) is 4.38. The summed E-state index contributed by atoms with van der Waals surface area (Å²) in [4.78, 5) is 0. The van der Waals surface area contributed by atoms with Gasteiger partial charge >= 0.3 is 0 Å². The van der Waals surface area contributed by atoms with Crippen LogP contribution in [0.5, 0.6) is 0 Å². The van der Waals surface area contributed by atoms with Gasteiger partial charge in [-0.2, -0.15) is 0 Å². The Labute approximate surface area is 71.5 Å². The van der Waals surface area contributed by atoms with Gasteiger partial charge in [0.15, 0.2) is 0 Å². The topological polar surface area (TPSA) is 0 Å². The number of hydrogen-bond donors (Lipinski definition) is 0. The Hall–Kier alpha value is -0.300.